The summed E-state index contributed by atoms with van der Waals surface area (Å²) in [6.07, 6.45) is 0.756. The number of hydrogen-bond donors (Lipinski definition) is 0. The van der Waals surface area contributed by atoms with E-state index in [0.717, 1.165) is 7.11 Å². The predicted octanol–water partition coefficient (Wildman–Crippen LogP) is 2.78. The van der Waals surface area contributed by atoms with E-state index in [0.29, 0.717) is 0 Å². The van der Waals surface area contributed by atoms with Crippen LogP contribution in [0.1, 0.15) is 30.7 Å². The Kier molecular flexibility index (Phi) is 5.35. The zero-order valence-corrected chi connectivity index (χ0v) is 13.7. The summed E-state index contributed by atoms with van der Waals surface area (Å²) >= 11 is 0. The Morgan fingerprint density at radius 2 is 2.04 bits per heavy atom. The van der Waals surface area contributed by atoms with Crippen molar-refractivity contribution in [1.82, 2.24) is 4.98 Å². The molecule has 6 nitrogen and oxygen atoms in total. The van der Waals surface area contributed by atoms with Crippen LogP contribution in [0.4, 0.5) is 17.6 Å². The molecule has 1 aromatic heterocycles. The number of ether oxygens (including phenoxy) is 1. The van der Waals surface area contributed by atoms with Crippen molar-refractivity contribution in [2.75, 3.05) is 7.11 Å². The number of allylic oxidation sites excluding steroid dienone is 1. The van der Waals surface area contributed by atoms with Crippen LogP contribution in [0, 0.1) is 5.95 Å². The normalized spacial score (nSPS) is 18.8. The standard InChI is InChI=1S/C14H13F4NO5S/c1-23-13(20)10-7-8(9-3-2-6-19-12(9)15)4-5-11(10)24-25(21,22)14(16,17)18/h2-3,6,8H,4-5,7H2,1H3/t8-/m0/s1. The van der Waals surface area contributed by atoms with E-state index in [-0.39, 0.29) is 30.4 Å². The zero-order chi connectivity index (χ0) is 18.8. The Labute approximate surface area is 140 Å². The number of methoxy groups -OCH3 is 1. The molecule has 0 aliphatic heterocycles. The summed E-state index contributed by atoms with van der Waals surface area (Å²) in [6, 6.07) is 2.90. The number of pyridine rings is 1. The van der Waals surface area contributed by atoms with Crippen LogP contribution in [0.25, 0.3) is 0 Å². The van der Waals surface area contributed by atoms with Gasteiger partial charge >= 0.3 is 21.6 Å². The summed E-state index contributed by atoms with van der Waals surface area (Å²) in [4.78, 5) is 15.3. The van der Waals surface area contributed by atoms with Crippen molar-refractivity contribution in [2.45, 2.75) is 30.7 Å². The molecule has 0 bridgehead atoms. The number of nitrogens with zero attached hydrogens (tertiary/aromatic N) is 1. The molecule has 0 N–H and O–H groups in total. The highest BCUT2D eigenvalue weighted by Crippen LogP contribution is 2.39. The average molecular weight is 383 g/mol. The molecule has 1 atom stereocenters. The molecule has 11 heteroatoms. The van der Waals surface area contributed by atoms with Crippen molar-refractivity contribution in [3.63, 3.8) is 0 Å². The van der Waals surface area contributed by atoms with Gasteiger partial charge in [0.05, 0.1) is 12.7 Å². The summed E-state index contributed by atoms with van der Waals surface area (Å²) in [5.41, 5.74) is -5.84. The first-order valence-corrected chi connectivity index (χ1v) is 8.39. The van der Waals surface area contributed by atoms with Gasteiger partial charge in [-0.2, -0.15) is 26.0 Å². The van der Waals surface area contributed by atoms with E-state index < -0.39 is 39.2 Å². The molecule has 1 aromatic rings. The number of halogens is 4. The molecule has 2 rings (SSSR count). The van der Waals surface area contributed by atoms with Gasteiger partial charge in [-0.15, -0.1) is 0 Å². The van der Waals surface area contributed by atoms with Crippen LogP contribution in [0.5, 0.6) is 0 Å². The smallest absolute Gasteiger partial charge is 0.466 e. The Hall–Kier alpha value is -2.17. The number of carbonyl (C=O) groups excluding carboxylic acids is 1. The van der Waals surface area contributed by atoms with Gasteiger partial charge in [0.25, 0.3) is 0 Å². The van der Waals surface area contributed by atoms with Gasteiger partial charge in [-0.1, -0.05) is 6.07 Å². The van der Waals surface area contributed by atoms with Gasteiger partial charge in [0.1, 0.15) is 5.76 Å². The number of aromatic nitrogens is 1. The monoisotopic (exact) mass is 383 g/mol. The Morgan fingerprint density at radius 1 is 1.36 bits per heavy atom. The molecule has 0 radical (unpaired) electrons. The summed E-state index contributed by atoms with van der Waals surface area (Å²) in [5, 5.41) is 0. The molecule has 0 fully saturated rings. The molecule has 1 heterocycles. The first kappa shape index (κ1) is 19.2. The highest BCUT2D eigenvalue weighted by Gasteiger charge is 2.49. The van der Waals surface area contributed by atoms with Crippen LogP contribution in [0.15, 0.2) is 29.7 Å². The third-order valence-corrected chi connectivity index (χ3v) is 4.65. The van der Waals surface area contributed by atoms with Gasteiger partial charge in [0.2, 0.25) is 5.95 Å². The third-order valence-electron chi connectivity index (χ3n) is 3.66. The van der Waals surface area contributed by atoms with Crippen LogP contribution in [0.3, 0.4) is 0 Å². The first-order chi connectivity index (χ1) is 11.6. The van der Waals surface area contributed by atoms with Gasteiger partial charge in [0, 0.05) is 18.2 Å². The van der Waals surface area contributed by atoms with Gasteiger partial charge in [-0.25, -0.2) is 9.78 Å². The van der Waals surface area contributed by atoms with Crippen molar-refractivity contribution in [3.8, 4) is 0 Å². The molecule has 1 aliphatic carbocycles. The number of esters is 1. The molecule has 25 heavy (non-hydrogen) atoms. The number of alkyl halides is 3. The van der Waals surface area contributed by atoms with Crippen LogP contribution < -0.4 is 0 Å². The lowest BCUT2D eigenvalue weighted by molar-refractivity contribution is -0.136. The molecule has 0 amide bonds. The lowest BCUT2D eigenvalue weighted by atomic mass is 9.83. The molecule has 0 spiro atoms. The fourth-order valence-electron chi connectivity index (χ4n) is 2.48. The van der Waals surface area contributed by atoms with Crippen molar-refractivity contribution in [3.05, 3.63) is 41.2 Å². The van der Waals surface area contributed by atoms with Gasteiger partial charge in [-0.05, 0) is 24.8 Å². The second-order valence-corrected chi connectivity index (χ2v) is 6.74. The zero-order valence-electron chi connectivity index (χ0n) is 12.8. The highest BCUT2D eigenvalue weighted by molar-refractivity contribution is 7.87. The molecule has 0 unspecified atom stereocenters. The first-order valence-electron chi connectivity index (χ1n) is 6.98. The SMILES string of the molecule is COC(=O)C1=C(OS(=O)(=O)C(F)(F)F)CC[C@H](c2cccnc2F)C1. The lowest BCUT2D eigenvalue weighted by Crippen LogP contribution is -2.28. The Bertz CT molecular complexity index is 804. The maximum absolute atomic E-state index is 13.8. The topological polar surface area (TPSA) is 82.6 Å². The minimum Gasteiger partial charge on any atom is -0.466 e. The molecule has 1 aliphatic rings. The minimum atomic E-state index is -5.91. The van der Waals surface area contributed by atoms with E-state index in [1.807, 2.05) is 0 Å². The van der Waals surface area contributed by atoms with Crippen molar-refractivity contribution in [1.29, 1.82) is 0 Å². The summed E-state index contributed by atoms with van der Waals surface area (Å²) in [6.45, 7) is 0. The quantitative estimate of drug-likeness (QED) is 0.261. The van der Waals surface area contributed by atoms with Gasteiger partial charge in [-0.3, -0.25) is 0 Å². The van der Waals surface area contributed by atoms with Gasteiger partial charge < -0.3 is 8.92 Å². The second-order valence-electron chi connectivity index (χ2n) is 5.20. The minimum absolute atomic E-state index is 0.0752. The molecule has 0 saturated carbocycles. The summed E-state index contributed by atoms with van der Waals surface area (Å²) in [7, 11) is -4.93. The van der Waals surface area contributed by atoms with Crippen molar-refractivity contribution < 1.29 is 39.7 Å². The molecular weight excluding hydrogens is 370 g/mol. The maximum atomic E-state index is 13.8. The largest absolute Gasteiger partial charge is 0.534 e. The molecular formula is C14H13F4NO5S. The number of rotatable bonds is 4. The van der Waals surface area contributed by atoms with Crippen LogP contribution in [-0.4, -0.2) is 32.0 Å². The Morgan fingerprint density at radius 3 is 2.60 bits per heavy atom. The number of carbonyl (C=O) groups is 1. The van der Waals surface area contributed by atoms with E-state index in [2.05, 4.69) is 13.9 Å². The summed E-state index contributed by atoms with van der Waals surface area (Å²) < 4.78 is 82.2. The average Bonchev–Trinajstić information content (AvgIpc) is 2.54. The lowest BCUT2D eigenvalue weighted by Gasteiger charge is -2.26. The fraction of sp³-hybridized carbons (Fsp3) is 0.429. The predicted molar refractivity (Wildman–Crippen MR) is 75.9 cm³/mol. The van der Waals surface area contributed by atoms with Crippen molar-refractivity contribution >= 4 is 16.1 Å². The summed E-state index contributed by atoms with van der Waals surface area (Å²) in [5.74, 6) is -3.04. The number of hydrogen-bond acceptors (Lipinski definition) is 6. The van der Waals surface area contributed by atoms with Crippen molar-refractivity contribution in [2.24, 2.45) is 0 Å². The third kappa shape index (κ3) is 4.09. The highest BCUT2D eigenvalue weighted by atomic mass is 32.2. The molecule has 0 saturated heterocycles. The van der Waals surface area contributed by atoms with Crippen LogP contribution in [0.2, 0.25) is 0 Å². The van der Waals surface area contributed by atoms with Crippen LogP contribution >= 0.6 is 0 Å². The second kappa shape index (κ2) is 6.98. The van der Waals surface area contributed by atoms with Crippen LogP contribution in [-0.2, 0) is 23.8 Å². The van der Waals surface area contributed by atoms with E-state index in [9.17, 15) is 30.8 Å². The fourth-order valence-corrected chi connectivity index (χ4v) is 3.02. The molecule has 0 aromatic carbocycles. The molecule has 138 valence electrons. The van der Waals surface area contributed by atoms with E-state index >= 15 is 0 Å². The maximum Gasteiger partial charge on any atom is 0.534 e. The van der Waals surface area contributed by atoms with E-state index in [1.165, 1.54) is 18.3 Å². The Balaban J connectivity index is 2.38. The van der Waals surface area contributed by atoms with E-state index in [4.69, 9.17) is 0 Å². The van der Waals surface area contributed by atoms with Gasteiger partial charge in [0.15, 0.2) is 0 Å². The van der Waals surface area contributed by atoms with E-state index in [1.54, 1.807) is 0 Å².